The van der Waals surface area contributed by atoms with Gasteiger partial charge >= 0.3 is 6.18 Å². The quantitative estimate of drug-likeness (QED) is 0.822. The third kappa shape index (κ3) is 2.11. The van der Waals surface area contributed by atoms with Crippen LogP contribution in [-0.4, -0.2) is 5.91 Å². The van der Waals surface area contributed by atoms with E-state index in [1.807, 2.05) is 0 Å². The van der Waals surface area contributed by atoms with Crippen molar-refractivity contribution >= 4 is 11.6 Å². The van der Waals surface area contributed by atoms with Crippen molar-refractivity contribution in [1.82, 2.24) is 0 Å². The average molecular weight is 269 g/mol. The Labute approximate surface area is 109 Å². The fourth-order valence-electron chi connectivity index (χ4n) is 3.22. The van der Waals surface area contributed by atoms with Gasteiger partial charge in [0.05, 0.1) is 11.5 Å². The number of nitrogens with one attached hydrogen (secondary N) is 1. The van der Waals surface area contributed by atoms with E-state index in [0.29, 0.717) is 11.3 Å². The summed E-state index contributed by atoms with van der Waals surface area (Å²) in [5, 5.41) is 2.70. The van der Waals surface area contributed by atoms with Crippen LogP contribution in [0, 0.1) is 5.92 Å². The number of halogens is 3. The van der Waals surface area contributed by atoms with Gasteiger partial charge in [-0.3, -0.25) is 4.79 Å². The Morgan fingerprint density at radius 3 is 2.47 bits per heavy atom. The molecule has 1 N–H and O–H groups in total. The first-order valence-electron chi connectivity index (χ1n) is 6.49. The van der Waals surface area contributed by atoms with Gasteiger partial charge in [-0.05, 0) is 42.5 Å². The Morgan fingerprint density at radius 1 is 1.16 bits per heavy atom. The van der Waals surface area contributed by atoms with E-state index in [1.54, 1.807) is 0 Å². The topological polar surface area (TPSA) is 29.1 Å². The molecule has 2 nitrogen and oxygen atoms in total. The maximum Gasteiger partial charge on any atom is 0.416 e. The number of anilines is 1. The molecule has 1 aromatic carbocycles. The van der Waals surface area contributed by atoms with Crippen LogP contribution in [0.15, 0.2) is 18.2 Å². The van der Waals surface area contributed by atoms with Gasteiger partial charge < -0.3 is 5.32 Å². The van der Waals surface area contributed by atoms with E-state index >= 15 is 0 Å². The van der Waals surface area contributed by atoms with Crippen LogP contribution >= 0.6 is 0 Å². The molecule has 0 spiro atoms. The lowest BCUT2D eigenvalue weighted by molar-refractivity contribution is -0.137. The summed E-state index contributed by atoms with van der Waals surface area (Å²) in [4.78, 5) is 12.0. The summed E-state index contributed by atoms with van der Waals surface area (Å²) in [5.74, 6) is -0.370. The minimum absolute atomic E-state index is 0.152. The van der Waals surface area contributed by atoms with E-state index in [2.05, 4.69) is 5.32 Å². The molecule has 2 aliphatic rings. The lowest BCUT2D eigenvalue weighted by Crippen LogP contribution is -2.19. The third-order valence-corrected chi connectivity index (χ3v) is 4.13. The van der Waals surface area contributed by atoms with E-state index in [9.17, 15) is 18.0 Å². The van der Waals surface area contributed by atoms with Gasteiger partial charge in [0.1, 0.15) is 0 Å². The summed E-state index contributed by atoms with van der Waals surface area (Å²) in [7, 11) is 0. The molecule has 1 atom stereocenters. The molecule has 1 heterocycles. The van der Waals surface area contributed by atoms with Crippen molar-refractivity contribution in [3.8, 4) is 0 Å². The van der Waals surface area contributed by atoms with E-state index < -0.39 is 17.7 Å². The fraction of sp³-hybridized carbons (Fsp3) is 0.500. The monoisotopic (exact) mass is 269 g/mol. The number of alkyl halides is 3. The van der Waals surface area contributed by atoms with Gasteiger partial charge in [0, 0.05) is 5.69 Å². The maximum absolute atomic E-state index is 12.8. The Kier molecular flexibility index (Phi) is 2.80. The molecule has 1 amide bonds. The molecule has 0 bridgehead atoms. The molecule has 1 fully saturated rings. The fourth-order valence-corrected chi connectivity index (χ4v) is 3.22. The second kappa shape index (κ2) is 4.25. The predicted octanol–water partition coefficient (Wildman–Crippen LogP) is 3.93. The molecule has 0 radical (unpaired) electrons. The van der Waals surface area contributed by atoms with Crippen LogP contribution in [0.1, 0.15) is 42.7 Å². The standard InChI is InChI=1S/C14H14F3NO/c15-14(16,17)9-5-6-11-10(7-9)12(13(19)18-11)8-3-1-2-4-8/h5-8,12H,1-4H2,(H,18,19). The van der Waals surface area contributed by atoms with Gasteiger partial charge in [-0.15, -0.1) is 0 Å². The molecule has 1 unspecified atom stereocenters. The van der Waals surface area contributed by atoms with Crippen LogP contribution in [0.25, 0.3) is 0 Å². The highest BCUT2D eigenvalue weighted by atomic mass is 19.4. The van der Waals surface area contributed by atoms with Gasteiger partial charge in [-0.25, -0.2) is 0 Å². The Hall–Kier alpha value is -1.52. The molecular formula is C14H14F3NO. The van der Waals surface area contributed by atoms with Crippen molar-refractivity contribution < 1.29 is 18.0 Å². The number of carbonyl (C=O) groups is 1. The van der Waals surface area contributed by atoms with Crippen LogP contribution < -0.4 is 5.32 Å². The zero-order valence-electron chi connectivity index (χ0n) is 10.3. The number of amides is 1. The first-order valence-corrected chi connectivity index (χ1v) is 6.49. The van der Waals surface area contributed by atoms with Crippen LogP contribution in [0.5, 0.6) is 0 Å². The van der Waals surface area contributed by atoms with Gasteiger partial charge in [-0.1, -0.05) is 12.8 Å². The molecule has 5 heteroatoms. The summed E-state index contributed by atoms with van der Waals surface area (Å²) in [6.45, 7) is 0. The number of fused-ring (bicyclic) bond motifs is 1. The van der Waals surface area contributed by atoms with Crippen molar-refractivity contribution in [2.75, 3.05) is 5.32 Å². The maximum atomic E-state index is 12.8. The van der Waals surface area contributed by atoms with E-state index in [1.165, 1.54) is 6.07 Å². The third-order valence-electron chi connectivity index (χ3n) is 4.13. The summed E-state index contributed by atoms with van der Waals surface area (Å²) < 4.78 is 38.3. The predicted molar refractivity (Wildman–Crippen MR) is 64.8 cm³/mol. The van der Waals surface area contributed by atoms with Gasteiger partial charge in [0.25, 0.3) is 0 Å². The second-order valence-corrected chi connectivity index (χ2v) is 5.31. The van der Waals surface area contributed by atoms with Crippen LogP contribution in [0.3, 0.4) is 0 Å². The first-order chi connectivity index (χ1) is 8.97. The Balaban J connectivity index is 2.00. The van der Waals surface area contributed by atoms with Gasteiger partial charge in [0.2, 0.25) is 5.91 Å². The minimum atomic E-state index is -4.36. The average Bonchev–Trinajstić information content (AvgIpc) is 2.92. The molecule has 3 rings (SSSR count). The molecule has 0 saturated heterocycles. The van der Waals surface area contributed by atoms with Crippen molar-refractivity contribution in [3.05, 3.63) is 29.3 Å². The summed E-state index contributed by atoms with van der Waals surface area (Å²) in [5.41, 5.74) is 0.382. The first kappa shape index (κ1) is 12.5. The van der Waals surface area contributed by atoms with Gasteiger partial charge in [-0.2, -0.15) is 13.2 Å². The zero-order chi connectivity index (χ0) is 13.6. The zero-order valence-corrected chi connectivity index (χ0v) is 10.3. The molecule has 1 aliphatic carbocycles. The van der Waals surface area contributed by atoms with E-state index in [0.717, 1.165) is 37.8 Å². The molecule has 102 valence electrons. The number of benzene rings is 1. The van der Waals surface area contributed by atoms with Gasteiger partial charge in [0.15, 0.2) is 0 Å². The van der Waals surface area contributed by atoms with Crippen LogP contribution in [-0.2, 0) is 11.0 Å². The lowest BCUT2D eigenvalue weighted by atomic mass is 9.85. The lowest BCUT2D eigenvalue weighted by Gasteiger charge is -2.17. The van der Waals surface area contributed by atoms with Crippen LogP contribution in [0.4, 0.5) is 18.9 Å². The Morgan fingerprint density at radius 2 is 1.84 bits per heavy atom. The molecule has 1 saturated carbocycles. The van der Waals surface area contributed by atoms with Crippen molar-refractivity contribution in [1.29, 1.82) is 0 Å². The molecule has 0 aromatic heterocycles. The van der Waals surface area contributed by atoms with Crippen LogP contribution in [0.2, 0.25) is 0 Å². The molecule has 1 aromatic rings. The van der Waals surface area contributed by atoms with Crippen molar-refractivity contribution in [3.63, 3.8) is 0 Å². The molecule has 1 aliphatic heterocycles. The second-order valence-electron chi connectivity index (χ2n) is 5.31. The minimum Gasteiger partial charge on any atom is -0.325 e. The van der Waals surface area contributed by atoms with Crippen molar-refractivity contribution in [2.45, 2.75) is 37.8 Å². The molecular weight excluding hydrogens is 255 g/mol. The highest BCUT2D eigenvalue weighted by Gasteiger charge is 2.40. The Bertz CT molecular complexity index is 518. The molecule has 19 heavy (non-hydrogen) atoms. The summed E-state index contributed by atoms with van der Waals surface area (Å²) >= 11 is 0. The number of hydrogen-bond acceptors (Lipinski definition) is 1. The number of hydrogen-bond donors (Lipinski definition) is 1. The number of rotatable bonds is 1. The highest BCUT2D eigenvalue weighted by Crippen LogP contribution is 2.45. The number of carbonyl (C=O) groups excluding carboxylic acids is 1. The van der Waals surface area contributed by atoms with E-state index in [-0.39, 0.29) is 11.8 Å². The SMILES string of the molecule is O=C1Nc2ccc(C(F)(F)F)cc2C1C1CCCC1. The van der Waals surface area contributed by atoms with E-state index in [4.69, 9.17) is 0 Å². The largest absolute Gasteiger partial charge is 0.416 e. The van der Waals surface area contributed by atoms with Crippen molar-refractivity contribution in [2.24, 2.45) is 5.92 Å². The highest BCUT2D eigenvalue weighted by molar-refractivity contribution is 6.03. The smallest absolute Gasteiger partial charge is 0.325 e. The summed E-state index contributed by atoms with van der Waals surface area (Å²) in [6.07, 6.45) is -0.395. The summed E-state index contributed by atoms with van der Waals surface area (Å²) in [6, 6.07) is 3.53. The normalized spacial score (nSPS) is 23.5.